The second-order valence-corrected chi connectivity index (χ2v) is 8.64. The number of benzene rings is 3. The fourth-order valence-corrected chi connectivity index (χ4v) is 3.63. The van der Waals surface area contributed by atoms with Gasteiger partial charge >= 0.3 is 0 Å². The fourth-order valence-electron chi connectivity index (χ4n) is 3.50. The molecule has 0 heterocycles. The van der Waals surface area contributed by atoms with Gasteiger partial charge in [-0.1, -0.05) is 54.9 Å². The molecule has 3 aromatic rings. The van der Waals surface area contributed by atoms with Crippen molar-refractivity contribution in [3.8, 4) is 0 Å². The third kappa shape index (κ3) is 6.20. The maximum Gasteiger partial charge on any atom is 0.273 e. The van der Waals surface area contributed by atoms with Gasteiger partial charge in [-0.05, 0) is 54.4 Å². The van der Waals surface area contributed by atoms with E-state index in [1.807, 2.05) is 19.1 Å². The highest BCUT2D eigenvalue weighted by Crippen LogP contribution is 2.31. The summed E-state index contributed by atoms with van der Waals surface area (Å²) in [5.74, 6) is -3.30. The molecule has 4 nitrogen and oxygen atoms in total. The first-order valence-electron chi connectivity index (χ1n) is 11.0. The van der Waals surface area contributed by atoms with Crippen molar-refractivity contribution in [3.05, 3.63) is 100 Å². The number of hydrogen-bond donors (Lipinski definition) is 1. The lowest BCUT2D eigenvalue weighted by Gasteiger charge is -2.25. The average Bonchev–Trinajstić information content (AvgIpc) is 2.84. The molecule has 3 aromatic carbocycles. The van der Waals surface area contributed by atoms with Crippen LogP contribution in [0, 0.1) is 0 Å². The van der Waals surface area contributed by atoms with Crippen LogP contribution in [0.15, 0.2) is 72.8 Å². The molecule has 0 aliphatic rings. The Hall–Kier alpha value is -3.25. The van der Waals surface area contributed by atoms with Crippen LogP contribution >= 0.6 is 11.6 Å². The zero-order valence-electron chi connectivity index (χ0n) is 19.3. The fraction of sp³-hybridized carbons (Fsp3) is 0.259. The monoisotopic (exact) mass is 484 g/mol. The van der Waals surface area contributed by atoms with Crippen molar-refractivity contribution in [1.29, 1.82) is 0 Å². The van der Waals surface area contributed by atoms with Crippen LogP contribution in [0.5, 0.6) is 0 Å². The second-order valence-electron chi connectivity index (χ2n) is 8.20. The molecule has 3 rings (SSSR count). The largest absolute Gasteiger partial charge is 0.335 e. The Bertz CT molecular complexity index is 1130. The maximum atomic E-state index is 13.7. The van der Waals surface area contributed by atoms with Gasteiger partial charge in [0.25, 0.3) is 11.8 Å². The maximum absolute atomic E-state index is 13.7. The van der Waals surface area contributed by atoms with Crippen LogP contribution in [0.25, 0.3) is 0 Å². The molecule has 2 amide bonds. The Morgan fingerprint density at radius 2 is 1.56 bits per heavy atom. The van der Waals surface area contributed by atoms with Crippen LogP contribution in [-0.4, -0.2) is 23.8 Å². The van der Waals surface area contributed by atoms with Crippen molar-refractivity contribution in [3.63, 3.8) is 0 Å². The molecule has 0 aromatic heterocycles. The number of halogens is 3. The quantitative estimate of drug-likeness (QED) is 0.380. The van der Waals surface area contributed by atoms with E-state index in [0.29, 0.717) is 21.8 Å². The smallest absolute Gasteiger partial charge is 0.273 e. The normalized spacial score (nSPS) is 12.2. The number of anilines is 1. The highest BCUT2D eigenvalue weighted by atomic mass is 35.5. The third-order valence-electron chi connectivity index (χ3n) is 5.85. The van der Waals surface area contributed by atoms with Crippen LogP contribution in [0.3, 0.4) is 0 Å². The molecular formula is C27H27ClF2N2O2. The molecule has 1 atom stereocenters. The van der Waals surface area contributed by atoms with Crippen LogP contribution in [0.4, 0.5) is 14.5 Å². The van der Waals surface area contributed by atoms with E-state index in [9.17, 15) is 18.4 Å². The molecule has 0 radical (unpaired) electrons. The molecule has 0 aliphatic carbocycles. The minimum Gasteiger partial charge on any atom is -0.335 e. The molecule has 0 bridgehead atoms. The molecule has 178 valence electrons. The van der Waals surface area contributed by atoms with E-state index in [-0.39, 0.29) is 36.3 Å². The second kappa shape index (κ2) is 10.8. The number of hydrogen-bond acceptors (Lipinski definition) is 2. The number of rotatable bonds is 8. The topological polar surface area (TPSA) is 49.4 Å². The zero-order chi connectivity index (χ0) is 24.9. The van der Waals surface area contributed by atoms with Gasteiger partial charge in [0.05, 0.1) is 12.5 Å². The molecule has 0 saturated carbocycles. The van der Waals surface area contributed by atoms with Gasteiger partial charge < -0.3 is 10.2 Å². The minimum absolute atomic E-state index is 0.0556. The van der Waals surface area contributed by atoms with E-state index >= 15 is 0 Å². The molecule has 7 heteroatoms. The summed E-state index contributed by atoms with van der Waals surface area (Å²) < 4.78 is 27.5. The number of nitrogens with zero attached hydrogens (tertiary/aromatic N) is 1. The lowest BCUT2D eigenvalue weighted by atomic mass is 10.0. The molecular weight excluding hydrogens is 458 g/mol. The van der Waals surface area contributed by atoms with E-state index in [4.69, 9.17) is 11.6 Å². The van der Waals surface area contributed by atoms with Crippen molar-refractivity contribution >= 4 is 29.1 Å². The molecule has 1 N–H and O–H groups in total. The van der Waals surface area contributed by atoms with Crippen LogP contribution in [0.1, 0.15) is 53.4 Å². The van der Waals surface area contributed by atoms with E-state index in [1.54, 1.807) is 48.3 Å². The summed E-state index contributed by atoms with van der Waals surface area (Å²) in [6, 6.07) is 19.6. The Kier molecular flexibility index (Phi) is 8.05. The molecule has 0 fully saturated rings. The van der Waals surface area contributed by atoms with Crippen LogP contribution in [0.2, 0.25) is 5.02 Å². The van der Waals surface area contributed by atoms with Gasteiger partial charge in [0.2, 0.25) is 5.91 Å². The van der Waals surface area contributed by atoms with Gasteiger partial charge in [0.1, 0.15) is 0 Å². The van der Waals surface area contributed by atoms with Crippen molar-refractivity contribution in [2.45, 2.75) is 38.7 Å². The first kappa shape index (κ1) is 25.4. The molecule has 34 heavy (non-hydrogen) atoms. The van der Waals surface area contributed by atoms with Crippen molar-refractivity contribution < 1.29 is 18.4 Å². The van der Waals surface area contributed by atoms with Gasteiger partial charge in [0.15, 0.2) is 0 Å². The Morgan fingerprint density at radius 3 is 2.12 bits per heavy atom. The van der Waals surface area contributed by atoms with Gasteiger partial charge in [-0.2, -0.15) is 0 Å². The predicted octanol–water partition coefficient (Wildman–Crippen LogP) is 6.86. The van der Waals surface area contributed by atoms with Crippen LogP contribution in [-0.2, 0) is 17.1 Å². The number of carbonyl (C=O) groups is 2. The van der Waals surface area contributed by atoms with Gasteiger partial charge in [0, 0.05) is 35.3 Å². The Labute approximate surface area is 203 Å². The van der Waals surface area contributed by atoms with E-state index in [1.165, 1.54) is 31.2 Å². The third-order valence-corrected chi connectivity index (χ3v) is 6.11. The number of nitrogens with one attached hydrogen (secondary N) is 1. The summed E-state index contributed by atoms with van der Waals surface area (Å²) in [6.45, 7) is 3.37. The standard InChI is InChI=1S/C27H27ClF2N2O2/c1-4-27(29,30)22-11-5-19(6-12-22)17-25(33)31-24-15-9-21(10-16-24)26(34)32(3)18(2)20-7-13-23(28)14-8-20/h5-16,18H,4,17H2,1-3H3,(H,31,33). The highest BCUT2D eigenvalue weighted by Gasteiger charge is 2.28. The minimum atomic E-state index is -2.87. The Balaban J connectivity index is 1.59. The summed E-state index contributed by atoms with van der Waals surface area (Å²) in [4.78, 5) is 26.9. The van der Waals surface area contributed by atoms with Gasteiger partial charge in [-0.3, -0.25) is 9.59 Å². The lowest BCUT2D eigenvalue weighted by molar-refractivity contribution is -0.115. The number of alkyl halides is 2. The van der Waals surface area contributed by atoms with E-state index in [0.717, 1.165) is 5.56 Å². The van der Waals surface area contributed by atoms with Gasteiger partial charge in [-0.25, -0.2) is 8.78 Å². The zero-order valence-corrected chi connectivity index (χ0v) is 20.1. The first-order valence-corrected chi connectivity index (χ1v) is 11.4. The lowest BCUT2D eigenvalue weighted by Crippen LogP contribution is -2.29. The summed E-state index contributed by atoms with van der Waals surface area (Å²) >= 11 is 5.94. The van der Waals surface area contributed by atoms with E-state index in [2.05, 4.69) is 5.32 Å². The summed E-state index contributed by atoms with van der Waals surface area (Å²) in [5, 5.41) is 3.41. The Morgan fingerprint density at radius 1 is 0.971 bits per heavy atom. The summed E-state index contributed by atoms with van der Waals surface area (Å²) in [7, 11) is 1.74. The van der Waals surface area contributed by atoms with Crippen molar-refractivity contribution in [1.82, 2.24) is 4.90 Å². The van der Waals surface area contributed by atoms with Crippen LogP contribution < -0.4 is 5.32 Å². The molecule has 1 unspecified atom stereocenters. The summed E-state index contributed by atoms with van der Waals surface area (Å²) in [5.41, 5.74) is 2.58. The van der Waals surface area contributed by atoms with Crippen molar-refractivity contribution in [2.24, 2.45) is 0 Å². The average molecular weight is 485 g/mol. The SMILES string of the molecule is CCC(F)(F)c1ccc(CC(=O)Nc2ccc(C(=O)N(C)C(C)c3ccc(Cl)cc3)cc2)cc1. The number of amides is 2. The molecule has 0 aliphatic heterocycles. The predicted molar refractivity (Wildman–Crippen MR) is 131 cm³/mol. The molecule has 0 spiro atoms. The van der Waals surface area contributed by atoms with Gasteiger partial charge in [-0.15, -0.1) is 0 Å². The summed E-state index contributed by atoms with van der Waals surface area (Å²) in [6.07, 6.45) is -0.221. The highest BCUT2D eigenvalue weighted by molar-refractivity contribution is 6.30. The first-order chi connectivity index (χ1) is 16.1. The van der Waals surface area contributed by atoms with E-state index < -0.39 is 5.92 Å². The molecule has 0 saturated heterocycles. The van der Waals surface area contributed by atoms with Crippen molar-refractivity contribution in [2.75, 3.05) is 12.4 Å². The number of carbonyl (C=O) groups excluding carboxylic acids is 2.